The Kier molecular flexibility index (Phi) is 5.43. The summed E-state index contributed by atoms with van der Waals surface area (Å²) in [5.41, 5.74) is 2.23. The zero-order chi connectivity index (χ0) is 16.8. The number of rotatable bonds is 4. The number of benzene rings is 2. The normalized spacial score (nSPS) is 9.96. The van der Waals surface area contributed by atoms with E-state index >= 15 is 0 Å². The maximum atomic E-state index is 11.9. The number of thiocarbonyl (C=S) groups is 1. The summed E-state index contributed by atoms with van der Waals surface area (Å²) in [6, 6.07) is 13.8. The number of carbonyl (C=O) groups is 2. The lowest BCUT2D eigenvalue weighted by Gasteiger charge is -2.13. The highest BCUT2D eigenvalue weighted by molar-refractivity contribution is 7.80. The molecule has 0 radical (unpaired) electrons. The number of hydrogen-bond acceptors (Lipinski definition) is 4. The number of hydrogen-bond donors (Lipinski definition) is 2. The molecule has 0 saturated heterocycles. The van der Waals surface area contributed by atoms with Crippen LogP contribution in [0.25, 0.3) is 0 Å². The van der Waals surface area contributed by atoms with Crippen molar-refractivity contribution in [2.75, 3.05) is 5.32 Å². The largest absolute Gasteiger partial charge is 0.545 e. The van der Waals surface area contributed by atoms with Crippen LogP contribution in [0.1, 0.15) is 21.5 Å². The molecule has 0 aliphatic carbocycles. The highest BCUT2D eigenvalue weighted by atomic mass is 32.1. The zero-order valence-electron chi connectivity index (χ0n) is 12.5. The van der Waals surface area contributed by atoms with Gasteiger partial charge in [-0.15, -0.1) is 0 Å². The smallest absolute Gasteiger partial charge is 0.230 e. The van der Waals surface area contributed by atoms with E-state index in [0.717, 1.165) is 11.1 Å². The summed E-state index contributed by atoms with van der Waals surface area (Å²) in [6.07, 6.45) is 0.209. The second kappa shape index (κ2) is 7.51. The van der Waals surface area contributed by atoms with E-state index in [-0.39, 0.29) is 23.0 Å². The molecule has 1 amide bonds. The van der Waals surface area contributed by atoms with Crippen molar-refractivity contribution in [3.63, 3.8) is 0 Å². The van der Waals surface area contributed by atoms with Crippen LogP contribution in [0, 0.1) is 6.92 Å². The molecular weight excluding hydrogens is 312 g/mol. The second-order valence-corrected chi connectivity index (χ2v) is 5.39. The first-order valence-corrected chi connectivity index (χ1v) is 7.33. The molecule has 0 saturated carbocycles. The molecule has 5 nitrogen and oxygen atoms in total. The molecule has 2 N–H and O–H groups in total. The Hall–Kier alpha value is -2.73. The number of nitrogens with one attached hydrogen (secondary N) is 2. The number of aromatic carboxylic acids is 1. The molecule has 0 unspecified atom stereocenters. The average molecular weight is 327 g/mol. The Balaban J connectivity index is 1.98. The minimum atomic E-state index is -1.27. The number of aryl methyl sites for hydroxylation is 1. The molecule has 2 aromatic carbocycles. The Bertz CT molecular complexity index is 745. The van der Waals surface area contributed by atoms with Crippen molar-refractivity contribution in [2.24, 2.45) is 0 Å². The van der Waals surface area contributed by atoms with E-state index in [1.165, 1.54) is 12.1 Å². The topological polar surface area (TPSA) is 81.3 Å². The van der Waals surface area contributed by atoms with Crippen molar-refractivity contribution >= 4 is 34.9 Å². The third kappa shape index (κ3) is 4.89. The molecule has 0 aliphatic heterocycles. The van der Waals surface area contributed by atoms with Gasteiger partial charge < -0.3 is 20.5 Å². The van der Waals surface area contributed by atoms with Crippen molar-refractivity contribution in [2.45, 2.75) is 13.3 Å². The van der Waals surface area contributed by atoms with Crippen molar-refractivity contribution < 1.29 is 14.7 Å². The minimum Gasteiger partial charge on any atom is -0.545 e. The summed E-state index contributed by atoms with van der Waals surface area (Å²) in [5.74, 6) is -1.52. The highest BCUT2D eigenvalue weighted by Crippen LogP contribution is 2.16. The lowest BCUT2D eigenvalue weighted by molar-refractivity contribution is -0.255. The van der Waals surface area contributed by atoms with Crippen LogP contribution in [0.4, 0.5) is 5.69 Å². The van der Waals surface area contributed by atoms with E-state index in [4.69, 9.17) is 12.2 Å². The molecule has 6 heteroatoms. The molecule has 0 aromatic heterocycles. The predicted octanol–water partition coefficient (Wildman–Crippen LogP) is 1.41. The Morgan fingerprint density at radius 2 is 1.83 bits per heavy atom. The van der Waals surface area contributed by atoms with Gasteiger partial charge in [0, 0.05) is 5.69 Å². The predicted molar refractivity (Wildman–Crippen MR) is 90.0 cm³/mol. The SMILES string of the molecule is Cc1ccc(C(=O)[O-])cc1NC(=S)NC(=O)Cc1ccccc1. The van der Waals surface area contributed by atoms with Crippen LogP contribution in [0.5, 0.6) is 0 Å². The standard InChI is InChI=1S/C17H16N2O3S/c1-11-7-8-13(16(21)22)10-14(11)18-17(23)19-15(20)9-12-5-3-2-4-6-12/h2-8,10H,9H2,1H3,(H,21,22)(H2,18,19,20,23)/p-1. The van der Waals surface area contributed by atoms with Crippen molar-refractivity contribution in [1.29, 1.82) is 0 Å². The number of carboxylic acid groups (broad SMARTS) is 1. The average Bonchev–Trinajstić information content (AvgIpc) is 2.50. The van der Waals surface area contributed by atoms with Gasteiger partial charge in [0.15, 0.2) is 5.11 Å². The van der Waals surface area contributed by atoms with Gasteiger partial charge in [0.05, 0.1) is 12.4 Å². The Morgan fingerprint density at radius 1 is 1.13 bits per heavy atom. The molecule has 2 aromatic rings. The van der Waals surface area contributed by atoms with Gasteiger partial charge >= 0.3 is 0 Å². The number of anilines is 1. The molecule has 0 fully saturated rings. The quantitative estimate of drug-likeness (QED) is 0.830. The van der Waals surface area contributed by atoms with E-state index in [9.17, 15) is 14.7 Å². The number of amides is 1. The van der Waals surface area contributed by atoms with E-state index < -0.39 is 5.97 Å². The molecule has 0 atom stereocenters. The summed E-state index contributed by atoms with van der Waals surface area (Å²) in [4.78, 5) is 22.8. The van der Waals surface area contributed by atoms with E-state index in [1.807, 2.05) is 30.3 Å². The summed E-state index contributed by atoms with van der Waals surface area (Å²) < 4.78 is 0. The van der Waals surface area contributed by atoms with Gasteiger partial charge in [0.1, 0.15) is 0 Å². The molecular formula is C17H15N2O3S-. The maximum Gasteiger partial charge on any atom is 0.230 e. The fourth-order valence-electron chi connectivity index (χ4n) is 1.99. The van der Waals surface area contributed by atoms with Gasteiger partial charge in [-0.1, -0.05) is 42.5 Å². The highest BCUT2D eigenvalue weighted by Gasteiger charge is 2.08. The van der Waals surface area contributed by atoms with Crippen molar-refractivity contribution in [3.05, 3.63) is 65.2 Å². The van der Waals surface area contributed by atoms with Gasteiger partial charge in [-0.05, 0) is 41.9 Å². The van der Waals surface area contributed by atoms with E-state index in [0.29, 0.717) is 5.69 Å². The van der Waals surface area contributed by atoms with E-state index in [1.54, 1.807) is 13.0 Å². The first kappa shape index (κ1) is 16.6. The summed E-state index contributed by atoms with van der Waals surface area (Å²) in [5, 5.41) is 16.4. The van der Waals surface area contributed by atoms with Gasteiger partial charge in [0.25, 0.3) is 0 Å². The van der Waals surface area contributed by atoms with Gasteiger partial charge in [-0.25, -0.2) is 0 Å². The lowest BCUT2D eigenvalue weighted by atomic mass is 10.1. The van der Waals surface area contributed by atoms with E-state index in [2.05, 4.69) is 10.6 Å². The molecule has 118 valence electrons. The van der Waals surface area contributed by atoms with Crippen LogP contribution < -0.4 is 15.7 Å². The van der Waals surface area contributed by atoms with Crippen LogP contribution in [0.3, 0.4) is 0 Å². The molecule has 0 aliphatic rings. The zero-order valence-corrected chi connectivity index (χ0v) is 13.3. The first-order chi connectivity index (χ1) is 11.0. The number of carboxylic acids is 1. The van der Waals surface area contributed by atoms with Crippen molar-refractivity contribution in [1.82, 2.24) is 5.32 Å². The fraction of sp³-hybridized carbons (Fsp3) is 0.118. The summed E-state index contributed by atoms with van der Waals surface area (Å²) in [6.45, 7) is 1.80. The van der Waals surface area contributed by atoms with Crippen LogP contribution in [0.15, 0.2) is 48.5 Å². The second-order valence-electron chi connectivity index (χ2n) is 4.98. The van der Waals surface area contributed by atoms with Crippen LogP contribution in [-0.2, 0) is 11.2 Å². The summed E-state index contributed by atoms with van der Waals surface area (Å²) in [7, 11) is 0. The van der Waals surface area contributed by atoms with Gasteiger partial charge in [0.2, 0.25) is 5.91 Å². The lowest BCUT2D eigenvalue weighted by Crippen LogP contribution is -2.35. The summed E-state index contributed by atoms with van der Waals surface area (Å²) >= 11 is 5.09. The van der Waals surface area contributed by atoms with Crippen LogP contribution in [0.2, 0.25) is 0 Å². The molecule has 2 rings (SSSR count). The maximum absolute atomic E-state index is 11.9. The third-order valence-corrected chi connectivity index (χ3v) is 3.39. The third-order valence-electron chi connectivity index (χ3n) is 3.18. The fourth-order valence-corrected chi connectivity index (χ4v) is 2.21. The Morgan fingerprint density at radius 3 is 2.48 bits per heavy atom. The molecule has 0 heterocycles. The van der Waals surface area contributed by atoms with Crippen molar-refractivity contribution in [3.8, 4) is 0 Å². The van der Waals surface area contributed by atoms with Gasteiger partial charge in [-0.2, -0.15) is 0 Å². The molecule has 23 heavy (non-hydrogen) atoms. The minimum absolute atomic E-state index is 0.0384. The van der Waals surface area contributed by atoms with Crippen LogP contribution in [-0.4, -0.2) is 17.0 Å². The first-order valence-electron chi connectivity index (χ1n) is 6.92. The van der Waals surface area contributed by atoms with Gasteiger partial charge in [-0.3, -0.25) is 4.79 Å². The molecule has 0 bridgehead atoms. The monoisotopic (exact) mass is 327 g/mol. The number of carbonyl (C=O) groups excluding carboxylic acids is 2. The van der Waals surface area contributed by atoms with Crippen LogP contribution >= 0.6 is 12.2 Å². The Labute approximate surface area is 139 Å². The molecule has 0 spiro atoms.